The van der Waals surface area contributed by atoms with Crippen molar-refractivity contribution in [2.75, 3.05) is 25.0 Å². The van der Waals surface area contributed by atoms with Gasteiger partial charge >= 0.3 is 0 Å². The second kappa shape index (κ2) is 8.62. The second-order valence-corrected chi connectivity index (χ2v) is 6.58. The highest BCUT2D eigenvalue weighted by molar-refractivity contribution is 5.94. The van der Waals surface area contributed by atoms with E-state index in [9.17, 15) is 9.59 Å². The van der Waals surface area contributed by atoms with Crippen molar-refractivity contribution in [2.45, 2.75) is 32.2 Å². The topological polar surface area (TPSA) is 87.5 Å². The maximum Gasteiger partial charge on any atom is 0.251 e. The number of likely N-dealkylation sites (tertiary alicyclic amines) is 1. The van der Waals surface area contributed by atoms with Crippen LogP contribution < -0.4 is 10.6 Å². The Morgan fingerprint density at radius 2 is 1.96 bits per heavy atom. The van der Waals surface area contributed by atoms with E-state index in [1.165, 1.54) is 0 Å². The molecular weight excluding hydrogens is 332 g/mol. The van der Waals surface area contributed by atoms with Crippen molar-refractivity contribution in [1.29, 1.82) is 0 Å². The molecule has 0 aliphatic carbocycles. The van der Waals surface area contributed by atoms with E-state index in [2.05, 4.69) is 20.7 Å². The molecule has 2 N–H and O–H groups in total. The summed E-state index contributed by atoms with van der Waals surface area (Å²) in [5.41, 5.74) is 0.690. The largest absolute Gasteiger partial charge is 0.360 e. The van der Waals surface area contributed by atoms with Crippen LogP contribution in [0.5, 0.6) is 0 Å². The SMILES string of the molecule is Cc1cc(NC(=O)CCN2CCC(NC(=O)c3ccccc3)CC2)no1. The first kappa shape index (κ1) is 18.1. The van der Waals surface area contributed by atoms with Gasteiger partial charge in [-0.3, -0.25) is 9.59 Å². The molecule has 2 aromatic rings. The average Bonchev–Trinajstić information content (AvgIpc) is 3.06. The van der Waals surface area contributed by atoms with Crippen LogP contribution in [0.15, 0.2) is 40.9 Å². The molecule has 2 amide bonds. The van der Waals surface area contributed by atoms with Gasteiger partial charge in [0.2, 0.25) is 5.91 Å². The van der Waals surface area contributed by atoms with E-state index in [-0.39, 0.29) is 17.9 Å². The summed E-state index contributed by atoms with van der Waals surface area (Å²) in [7, 11) is 0. The molecule has 2 heterocycles. The minimum atomic E-state index is -0.0715. The minimum Gasteiger partial charge on any atom is -0.360 e. The number of hydrogen-bond acceptors (Lipinski definition) is 5. The average molecular weight is 356 g/mol. The molecule has 26 heavy (non-hydrogen) atoms. The third-order valence-electron chi connectivity index (χ3n) is 4.51. The van der Waals surface area contributed by atoms with Gasteiger partial charge in [-0.25, -0.2) is 0 Å². The standard InChI is InChI=1S/C19H24N4O3/c1-14-13-17(22-26-14)21-18(24)9-12-23-10-7-16(8-11-23)20-19(25)15-5-3-2-4-6-15/h2-6,13,16H,7-12H2,1H3,(H,20,25)(H,21,22,24). The Bertz CT molecular complexity index is 736. The van der Waals surface area contributed by atoms with Crippen LogP contribution >= 0.6 is 0 Å². The van der Waals surface area contributed by atoms with Crippen LogP contribution in [0.25, 0.3) is 0 Å². The molecular formula is C19H24N4O3. The third-order valence-corrected chi connectivity index (χ3v) is 4.51. The highest BCUT2D eigenvalue weighted by atomic mass is 16.5. The number of aromatic nitrogens is 1. The van der Waals surface area contributed by atoms with Crippen molar-refractivity contribution in [2.24, 2.45) is 0 Å². The van der Waals surface area contributed by atoms with Gasteiger partial charge in [0.25, 0.3) is 5.91 Å². The van der Waals surface area contributed by atoms with Gasteiger partial charge in [-0.1, -0.05) is 23.4 Å². The first-order valence-corrected chi connectivity index (χ1v) is 8.91. The van der Waals surface area contributed by atoms with E-state index in [4.69, 9.17) is 4.52 Å². The van der Waals surface area contributed by atoms with E-state index in [0.717, 1.165) is 25.9 Å². The zero-order valence-electron chi connectivity index (χ0n) is 14.9. The number of nitrogens with zero attached hydrogens (tertiary/aromatic N) is 2. The number of aryl methyl sites for hydroxylation is 1. The van der Waals surface area contributed by atoms with Crippen molar-refractivity contribution in [3.63, 3.8) is 0 Å². The maximum absolute atomic E-state index is 12.2. The summed E-state index contributed by atoms with van der Waals surface area (Å²) in [6.07, 6.45) is 2.19. The lowest BCUT2D eigenvalue weighted by atomic mass is 10.0. The maximum atomic E-state index is 12.2. The van der Waals surface area contributed by atoms with Gasteiger partial charge < -0.3 is 20.1 Å². The fourth-order valence-corrected chi connectivity index (χ4v) is 3.05. The molecule has 0 radical (unpaired) electrons. The quantitative estimate of drug-likeness (QED) is 0.829. The Balaban J connectivity index is 1.36. The number of rotatable bonds is 6. The van der Waals surface area contributed by atoms with E-state index in [1.807, 2.05) is 30.3 Å². The summed E-state index contributed by atoms with van der Waals surface area (Å²) in [5.74, 6) is 1.03. The summed E-state index contributed by atoms with van der Waals surface area (Å²) >= 11 is 0. The molecule has 0 unspecified atom stereocenters. The molecule has 3 rings (SSSR count). The Kier molecular flexibility index (Phi) is 6.01. The van der Waals surface area contributed by atoms with Crippen LogP contribution in [0.2, 0.25) is 0 Å². The smallest absolute Gasteiger partial charge is 0.251 e. The van der Waals surface area contributed by atoms with E-state index in [0.29, 0.717) is 30.1 Å². The Morgan fingerprint density at radius 3 is 2.62 bits per heavy atom. The second-order valence-electron chi connectivity index (χ2n) is 6.58. The molecule has 1 aliphatic rings. The van der Waals surface area contributed by atoms with E-state index in [1.54, 1.807) is 13.0 Å². The number of piperidine rings is 1. The van der Waals surface area contributed by atoms with Crippen molar-refractivity contribution >= 4 is 17.6 Å². The number of carbonyl (C=O) groups excluding carboxylic acids is 2. The molecule has 7 nitrogen and oxygen atoms in total. The molecule has 0 spiro atoms. The van der Waals surface area contributed by atoms with Crippen molar-refractivity contribution in [3.05, 3.63) is 47.7 Å². The Labute approximate surface area is 152 Å². The number of anilines is 1. The van der Waals surface area contributed by atoms with Gasteiger partial charge in [-0.05, 0) is 31.9 Å². The van der Waals surface area contributed by atoms with Gasteiger partial charge in [0.15, 0.2) is 5.82 Å². The normalized spacial score (nSPS) is 15.6. The predicted octanol–water partition coefficient (Wildman–Crippen LogP) is 2.21. The molecule has 1 saturated heterocycles. The van der Waals surface area contributed by atoms with Crippen LogP contribution in [0.4, 0.5) is 5.82 Å². The summed E-state index contributed by atoms with van der Waals surface area (Å²) < 4.78 is 4.93. The summed E-state index contributed by atoms with van der Waals surface area (Å²) in [6.45, 7) is 4.22. The number of benzene rings is 1. The number of nitrogens with one attached hydrogen (secondary N) is 2. The first-order chi connectivity index (χ1) is 12.6. The number of carbonyl (C=O) groups is 2. The van der Waals surface area contributed by atoms with Crippen LogP contribution in [0, 0.1) is 6.92 Å². The van der Waals surface area contributed by atoms with Gasteiger partial charge in [0.1, 0.15) is 5.76 Å². The van der Waals surface area contributed by atoms with Gasteiger partial charge in [0, 0.05) is 43.7 Å². The molecule has 1 aromatic carbocycles. The molecule has 138 valence electrons. The van der Waals surface area contributed by atoms with Crippen molar-refractivity contribution in [1.82, 2.24) is 15.4 Å². The lowest BCUT2D eigenvalue weighted by Crippen LogP contribution is -2.45. The van der Waals surface area contributed by atoms with Crippen molar-refractivity contribution in [3.8, 4) is 0 Å². The summed E-state index contributed by atoms with van der Waals surface area (Å²) in [4.78, 5) is 26.4. The van der Waals surface area contributed by atoms with Gasteiger partial charge in [-0.2, -0.15) is 0 Å². The monoisotopic (exact) mass is 356 g/mol. The summed E-state index contributed by atoms with van der Waals surface area (Å²) in [5, 5.41) is 9.57. The predicted molar refractivity (Wildman–Crippen MR) is 97.9 cm³/mol. The zero-order valence-corrected chi connectivity index (χ0v) is 14.9. The van der Waals surface area contributed by atoms with Crippen LogP contribution in [0.3, 0.4) is 0 Å². The minimum absolute atomic E-state index is 0.0219. The lowest BCUT2D eigenvalue weighted by molar-refractivity contribution is -0.116. The van der Waals surface area contributed by atoms with Crippen LogP contribution in [-0.2, 0) is 4.79 Å². The zero-order chi connectivity index (χ0) is 18.4. The fraction of sp³-hybridized carbons (Fsp3) is 0.421. The molecule has 0 atom stereocenters. The first-order valence-electron chi connectivity index (χ1n) is 8.91. The van der Waals surface area contributed by atoms with E-state index < -0.39 is 0 Å². The van der Waals surface area contributed by atoms with E-state index >= 15 is 0 Å². The molecule has 0 saturated carbocycles. The molecule has 1 fully saturated rings. The van der Waals surface area contributed by atoms with Crippen LogP contribution in [-0.4, -0.2) is 47.5 Å². The lowest BCUT2D eigenvalue weighted by Gasteiger charge is -2.32. The van der Waals surface area contributed by atoms with Gasteiger partial charge in [-0.15, -0.1) is 0 Å². The summed E-state index contributed by atoms with van der Waals surface area (Å²) in [6, 6.07) is 11.1. The number of hydrogen-bond donors (Lipinski definition) is 2. The highest BCUT2D eigenvalue weighted by Gasteiger charge is 2.21. The van der Waals surface area contributed by atoms with Gasteiger partial charge in [0.05, 0.1) is 0 Å². The number of amides is 2. The van der Waals surface area contributed by atoms with Crippen LogP contribution in [0.1, 0.15) is 35.4 Å². The van der Waals surface area contributed by atoms with Crippen molar-refractivity contribution < 1.29 is 14.1 Å². The molecule has 1 aromatic heterocycles. The molecule has 0 bridgehead atoms. The third kappa shape index (κ3) is 5.16. The molecule has 1 aliphatic heterocycles. The molecule has 7 heteroatoms. The Hall–Kier alpha value is -2.67. The Morgan fingerprint density at radius 1 is 1.23 bits per heavy atom. The fourth-order valence-electron chi connectivity index (χ4n) is 3.05. The highest BCUT2D eigenvalue weighted by Crippen LogP contribution is 2.12.